The molecule has 0 aliphatic carbocycles. The van der Waals surface area contributed by atoms with Crippen LogP contribution in [0.3, 0.4) is 0 Å². The van der Waals surface area contributed by atoms with E-state index in [9.17, 15) is 14.4 Å². The number of aromatic amines is 1. The van der Waals surface area contributed by atoms with Crippen molar-refractivity contribution in [1.29, 1.82) is 0 Å². The largest absolute Gasteiger partial charge is 0.459 e. The first-order valence-corrected chi connectivity index (χ1v) is 11.0. The van der Waals surface area contributed by atoms with E-state index in [4.69, 9.17) is 10.5 Å². The Morgan fingerprint density at radius 1 is 1.09 bits per heavy atom. The second-order valence-corrected chi connectivity index (χ2v) is 7.98. The lowest BCUT2D eigenvalue weighted by molar-refractivity contribution is -0.147. The fourth-order valence-corrected chi connectivity index (χ4v) is 3.12. The number of amides is 2. The number of unbranched alkanes of at least 4 members (excludes halogenated alkanes) is 2. The second-order valence-electron chi connectivity index (χ2n) is 7.98. The van der Waals surface area contributed by atoms with Crippen LogP contribution in [0.15, 0.2) is 36.7 Å². The summed E-state index contributed by atoms with van der Waals surface area (Å²) in [6.45, 7) is 5.10. The summed E-state index contributed by atoms with van der Waals surface area (Å²) >= 11 is 0. The average molecular weight is 444 g/mol. The number of imidazole rings is 1. The number of esters is 1. The van der Waals surface area contributed by atoms with Gasteiger partial charge in [0.25, 0.3) is 11.8 Å². The Morgan fingerprint density at radius 3 is 2.53 bits per heavy atom. The summed E-state index contributed by atoms with van der Waals surface area (Å²) in [5, 5.41) is 5.44. The Morgan fingerprint density at radius 2 is 1.84 bits per heavy atom. The zero-order valence-corrected chi connectivity index (χ0v) is 18.7. The molecule has 1 unspecified atom stereocenters. The molecule has 9 heteroatoms. The maximum atomic E-state index is 12.8. The first kappa shape index (κ1) is 25.1. The first-order valence-electron chi connectivity index (χ1n) is 11.0. The van der Waals surface area contributed by atoms with Crippen molar-refractivity contribution in [1.82, 2.24) is 20.6 Å². The Bertz CT molecular complexity index is 866. The highest BCUT2D eigenvalue weighted by Crippen LogP contribution is 2.11. The van der Waals surface area contributed by atoms with Crippen molar-refractivity contribution in [3.05, 3.63) is 53.6 Å². The Balaban J connectivity index is 1.98. The van der Waals surface area contributed by atoms with Gasteiger partial charge in [0.05, 0.1) is 6.33 Å². The number of carbonyl (C=O) groups is 3. The van der Waals surface area contributed by atoms with Gasteiger partial charge in [-0.2, -0.15) is 0 Å². The molecule has 0 bridgehead atoms. The van der Waals surface area contributed by atoms with Crippen LogP contribution in [0.2, 0.25) is 0 Å². The molecule has 2 aromatic rings. The van der Waals surface area contributed by atoms with Gasteiger partial charge in [-0.1, -0.05) is 50.6 Å². The molecule has 0 aliphatic rings. The number of nitrogens with two attached hydrogens (primary N) is 1. The standard InChI is InChI=1S/C23H33N5O4/c1-16(2)13-18(23(31)32-14-17-9-5-3-6-10-17)28-22(30)20-19(26-15-27-20)21(29)25-12-8-4-7-11-24/h3,5-6,9-10,15-16,18H,4,7-8,11-14,24H2,1-2H3,(H,25,29)(H,26,27)(H,28,30). The van der Waals surface area contributed by atoms with Gasteiger partial charge in [-0.25, -0.2) is 9.78 Å². The molecule has 1 heterocycles. The number of nitrogens with zero attached hydrogens (tertiary/aromatic N) is 1. The van der Waals surface area contributed by atoms with Gasteiger partial charge >= 0.3 is 5.97 Å². The van der Waals surface area contributed by atoms with Gasteiger partial charge in [-0.3, -0.25) is 9.59 Å². The van der Waals surface area contributed by atoms with E-state index in [1.165, 1.54) is 6.33 Å². The molecule has 5 N–H and O–H groups in total. The van der Waals surface area contributed by atoms with E-state index < -0.39 is 23.8 Å². The normalized spacial score (nSPS) is 11.8. The quantitative estimate of drug-likeness (QED) is 0.276. The summed E-state index contributed by atoms with van der Waals surface area (Å²) in [6.07, 6.45) is 4.28. The number of nitrogens with one attached hydrogen (secondary N) is 3. The molecule has 9 nitrogen and oxygen atoms in total. The van der Waals surface area contributed by atoms with E-state index >= 15 is 0 Å². The van der Waals surface area contributed by atoms with Crippen LogP contribution in [0.25, 0.3) is 0 Å². The number of ether oxygens (including phenoxy) is 1. The van der Waals surface area contributed by atoms with Crippen LogP contribution in [-0.2, 0) is 16.1 Å². The number of aromatic nitrogens is 2. The minimum atomic E-state index is -0.852. The van der Waals surface area contributed by atoms with Crippen molar-refractivity contribution in [2.24, 2.45) is 11.7 Å². The van der Waals surface area contributed by atoms with Crippen LogP contribution >= 0.6 is 0 Å². The molecule has 0 spiro atoms. The predicted octanol–water partition coefficient (Wildman–Crippen LogP) is 2.16. The van der Waals surface area contributed by atoms with E-state index in [1.54, 1.807) is 0 Å². The molecule has 0 radical (unpaired) electrons. The van der Waals surface area contributed by atoms with Gasteiger partial charge in [0.2, 0.25) is 0 Å². The molecule has 1 aromatic heterocycles. The van der Waals surface area contributed by atoms with Crippen molar-refractivity contribution in [2.45, 2.75) is 52.2 Å². The van der Waals surface area contributed by atoms with Crippen LogP contribution in [0.5, 0.6) is 0 Å². The third-order valence-electron chi connectivity index (χ3n) is 4.77. The SMILES string of the molecule is CC(C)CC(NC(=O)c1nc[nH]c1C(=O)NCCCCCN)C(=O)OCc1ccccc1. The van der Waals surface area contributed by atoms with Gasteiger partial charge in [-0.05, 0) is 37.3 Å². The molecule has 0 fully saturated rings. The average Bonchev–Trinajstić information content (AvgIpc) is 3.27. The van der Waals surface area contributed by atoms with Crippen LogP contribution in [-0.4, -0.2) is 46.9 Å². The van der Waals surface area contributed by atoms with Gasteiger partial charge in [0, 0.05) is 6.54 Å². The zero-order valence-electron chi connectivity index (χ0n) is 18.7. The van der Waals surface area contributed by atoms with Gasteiger partial charge < -0.3 is 26.1 Å². The molecule has 174 valence electrons. The lowest BCUT2D eigenvalue weighted by atomic mass is 10.0. The van der Waals surface area contributed by atoms with Crippen LogP contribution in [0.1, 0.15) is 66.1 Å². The molecular formula is C23H33N5O4. The summed E-state index contributed by atoms with van der Waals surface area (Å²) in [7, 11) is 0. The van der Waals surface area contributed by atoms with Gasteiger partial charge in [0.15, 0.2) is 5.69 Å². The molecule has 0 aliphatic heterocycles. The van der Waals surface area contributed by atoms with Crippen LogP contribution < -0.4 is 16.4 Å². The maximum Gasteiger partial charge on any atom is 0.328 e. The number of rotatable bonds is 13. The number of carbonyl (C=O) groups excluding carboxylic acids is 3. The lowest BCUT2D eigenvalue weighted by Gasteiger charge is -2.19. The predicted molar refractivity (Wildman–Crippen MR) is 121 cm³/mol. The maximum absolute atomic E-state index is 12.8. The van der Waals surface area contributed by atoms with E-state index in [0.29, 0.717) is 19.5 Å². The Kier molecular flexibility index (Phi) is 10.4. The molecule has 1 atom stereocenters. The minimum Gasteiger partial charge on any atom is -0.459 e. The minimum absolute atomic E-state index is 0.0577. The fraction of sp³-hybridized carbons (Fsp3) is 0.478. The molecule has 0 saturated heterocycles. The molecule has 2 amide bonds. The third kappa shape index (κ3) is 8.14. The summed E-state index contributed by atoms with van der Waals surface area (Å²) in [5.41, 5.74) is 6.31. The fourth-order valence-electron chi connectivity index (χ4n) is 3.12. The summed E-state index contributed by atoms with van der Waals surface area (Å²) in [4.78, 5) is 44.6. The number of hydrogen-bond acceptors (Lipinski definition) is 6. The number of H-pyrrole nitrogens is 1. The highest BCUT2D eigenvalue weighted by molar-refractivity contribution is 6.05. The summed E-state index contributed by atoms with van der Waals surface area (Å²) < 4.78 is 5.40. The Labute approximate surface area is 188 Å². The zero-order chi connectivity index (χ0) is 23.3. The van der Waals surface area contributed by atoms with E-state index in [1.807, 2.05) is 44.2 Å². The van der Waals surface area contributed by atoms with Crippen molar-refractivity contribution in [2.75, 3.05) is 13.1 Å². The van der Waals surface area contributed by atoms with E-state index in [-0.39, 0.29) is 23.9 Å². The van der Waals surface area contributed by atoms with Crippen molar-refractivity contribution < 1.29 is 19.1 Å². The number of hydrogen-bond donors (Lipinski definition) is 4. The molecule has 1 aromatic carbocycles. The van der Waals surface area contributed by atoms with Gasteiger partial charge in [0.1, 0.15) is 18.3 Å². The van der Waals surface area contributed by atoms with Crippen LogP contribution in [0, 0.1) is 5.92 Å². The smallest absolute Gasteiger partial charge is 0.328 e. The highest BCUT2D eigenvalue weighted by Gasteiger charge is 2.27. The number of benzene rings is 1. The molecule has 32 heavy (non-hydrogen) atoms. The topological polar surface area (TPSA) is 139 Å². The summed E-state index contributed by atoms with van der Waals surface area (Å²) in [5.74, 6) is -1.42. The first-order chi connectivity index (χ1) is 15.4. The third-order valence-corrected chi connectivity index (χ3v) is 4.77. The second kappa shape index (κ2) is 13.3. The molecule has 0 saturated carbocycles. The summed E-state index contributed by atoms with van der Waals surface area (Å²) in [6, 6.07) is 8.46. The molecular weight excluding hydrogens is 410 g/mol. The van der Waals surface area contributed by atoms with Crippen LogP contribution in [0.4, 0.5) is 0 Å². The monoisotopic (exact) mass is 443 g/mol. The lowest BCUT2D eigenvalue weighted by Crippen LogP contribution is -2.43. The molecule has 2 rings (SSSR count). The van der Waals surface area contributed by atoms with Crippen molar-refractivity contribution >= 4 is 17.8 Å². The Hall–Kier alpha value is -3.20. The van der Waals surface area contributed by atoms with E-state index in [2.05, 4.69) is 20.6 Å². The highest BCUT2D eigenvalue weighted by atomic mass is 16.5. The van der Waals surface area contributed by atoms with Crippen molar-refractivity contribution in [3.63, 3.8) is 0 Å². The van der Waals surface area contributed by atoms with Crippen molar-refractivity contribution in [3.8, 4) is 0 Å². The van der Waals surface area contributed by atoms with Gasteiger partial charge in [-0.15, -0.1) is 0 Å². The van der Waals surface area contributed by atoms with E-state index in [0.717, 1.165) is 24.8 Å².